The number of hydrogen-bond acceptors (Lipinski definition) is 4. The molecule has 1 aliphatic rings. The van der Waals surface area contributed by atoms with Crippen molar-refractivity contribution in [2.75, 3.05) is 11.1 Å². The number of anilines is 1. The van der Waals surface area contributed by atoms with Gasteiger partial charge in [-0.05, 0) is 36.4 Å². The second kappa shape index (κ2) is 7.67. The molecule has 0 aliphatic carbocycles. The molecule has 0 aromatic heterocycles. The van der Waals surface area contributed by atoms with Crippen LogP contribution in [0.1, 0.15) is 12.5 Å². The minimum Gasteiger partial charge on any atom is -0.326 e. The van der Waals surface area contributed by atoms with Gasteiger partial charge in [0.1, 0.15) is 5.82 Å². The van der Waals surface area contributed by atoms with Crippen molar-refractivity contribution in [2.24, 2.45) is 10.1 Å². The van der Waals surface area contributed by atoms with E-state index in [0.29, 0.717) is 38.6 Å². The number of benzene rings is 2. The van der Waals surface area contributed by atoms with Crippen molar-refractivity contribution in [3.8, 4) is 0 Å². The first-order chi connectivity index (χ1) is 12.0. The Morgan fingerprint density at radius 1 is 1.36 bits per heavy atom. The van der Waals surface area contributed by atoms with Crippen LogP contribution >= 0.6 is 23.4 Å². The molecule has 2 aromatic carbocycles. The molecular formula is C17H14ClFN4OS. The average Bonchev–Trinajstić information content (AvgIpc) is 2.55. The summed E-state index contributed by atoms with van der Waals surface area (Å²) in [5.74, 6) is -0.216. The predicted octanol–water partition coefficient (Wildman–Crippen LogP) is 4.17. The highest BCUT2D eigenvalue weighted by molar-refractivity contribution is 8.14. The largest absolute Gasteiger partial charge is 0.326 e. The molecule has 128 valence electrons. The molecule has 0 atom stereocenters. The minimum atomic E-state index is -0.442. The van der Waals surface area contributed by atoms with Gasteiger partial charge in [0.05, 0.1) is 11.4 Å². The molecule has 0 spiro atoms. The van der Waals surface area contributed by atoms with Crippen LogP contribution in [0.5, 0.6) is 0 Å². The van der Waals surface area contributed by atoms with E-state index in [1.807, 2.05) is 12.1 Å². The summed E-state index contributed by atoms with van der Waals surface area (Å²) in [6, 6.07) is 11.7. The molecule has 2 N–H and O–H groups in total. The first-order valence-electron chi connectivity index (χ1n) is 7.38. The van der Waals surface area contributed by atoms with Gasteiger partial charge in [0.2, 0.25) is 5.91 Å². The van der Waals surface area contributed by atoms with E-state index < -0.39 is 5.82 Å². The van der Waals surface area contributed by atoms with Gasteiger partial charge in [-0.2, -0.15) is 5.10 Å². The molecule has 0 radical (unpaired) electrons. The summed E-state index contributed by atoms with van der Waals surface area (Å²) >= 11 is 7.35. The van der Waals surface area contributed by atoms with Crippen molar-refractivity contribution in [2.45, 2.75) is 6.92 Å². The van der Waals surface area contributed by atoms with E-state index in [0.717, 1.165) is 0 Å². The number of nitrogens with zero attached hydrogens (tertiary/aromatic N) is 2. The average molecular weight is 377 g/mol. The van der Waals surface area contributed by atoms with E-state index in [9.17, 15) is 9.18 Å². The molecule has 1 amide bonds. The highest BCUT2D eigenvalue weighted by Gasteiger charge is 2.17. The lowest BCUT2D eigenvalue weighted by molar-refractivity contribution is -0.114. The Kier molecular flexibility index (Phi) is 5.35. The Morgan fingerprint density at radius 2 is 2.20 bits per heavy atom. The summed E-state index contributed by atoms with van der Waals surface area (Å²) in [6.45, 7) is 1.37. The minimum absolute atomic E-state index is 0.249. The molecule has 25 heavy (non-hydrogen) atoms. The quantitative estimate of drug-likeness (QED) is 0.845. The maximum Gasteiger partial charge on any atom is 0.221 e. The molecule has 0 bridgehead atoms. The zero-order valence-electron chi connectivity index (χ0n) is 13.2. The van der Waals surface area contributed by atoms with E-state index in [2.05, 4.69) is 20.8 Å². The molecule has 1 aliphatic heterocycles. The highest BCUT2D eigenvalue weighted by Crippen LogP contribution is 2.23. The lowest BCUT2D eigenvalue weighted by Crippen LogP contribution is -2.25. The van der Waals surface area contributed by atoms with E-state index in [1.165, 1.54) is 24.8 Å². The van der Waals surface area contributed by atoms with E-state index in [4.69, 9.17) is 11.6 Å². The zero-order valence-corrected chi connectivity index (χ0v) is 14.8. The smallest absolute Gasteiger partial charge is 0.221 e. The number of thioether (sulfide) groups is 1. The summed E-state index contributed by atoms with van der Waals surface area (Å²) in [5.41, 5.74) is 4.91. The lowest BCUT2D eigenvalue weighted by atomic mass is 10.1. The van der Waals surface area contributed by atoms with Gasteiger partial charge in [0.25, 0.3) is 0 Å². The Labute approximate surface area is 153 Å². The topological polar surface area (TPSA) is 65.8 Å². The summed E-state index contributed by atoms with van der Waals surface area (Å²) in [5, 5.41) is 7.97. The van der Waals surface area contributed by atoms with Gasteiger partial charge in [-0.3, -0.25) is 10.2 Å². The van der Waals surface area contributed by atoms with Crippen molar-refractivity contribution in [3.63, 3.8) is 0 Å². The first kappa shape index (κ1) is 17.4. The second-order valence-corrected chi connectivity index (χ2v) is 6.63. The van der Waals surface area contributed by atoms with Crippen LogP contribution in [0.15, 0.2) is 52.6 Å². The number of hydrazone groups is 1. The Hall–Kier alpha value is -2.38. The third-order valence-corrected chi connectivity index (χ3v) is 4.38. The molecule has 0 saturated carbocycles. The van der Waals surface area contributed by atoms with Gasteiger partial charge in [-0.25, -0.2) is 9.38 Å². The lowest BCUT2D eigenvalue weighted by Gasteiger charge is -2.15. The number of amides is 1. The number of aliphatic imine (C=N–C) groups is 1. The Bertz CT molecular complexity index is 885. The van der Waals surface area contributed by atoms with Crippen LogP contribution in [-0.4, -0.2) is 22.5 Å². The van der Waals surface area contributed by atoms with Crippen molar-refractivity contribution in [3.05, 3.63) is 58.9 Å². The first-order valence-corrected chi connectivity index (χ1v) is 8.75. The SMILES string of the molecule is CC(=O)Nc1ccc(C2=NNC(=Nc3cccc(Cl)c3)SC2)c(F)c1. The van der Waals surface area contributed by atoms with Crippen molar-refractivity contribution < 1.29 is 9.18 Å². The third kappa shape index (κ3) is 4.58. The molecule has 5 nitrogen and oxygen atoms in total. The molecule has 8 heteroatoms. The molecule has 0 fully saturated rings. The summed E-state index contributed by atoms with van der Waals surface area (Å²) in [6.07, 6.45) is 0. The fourth-order valence-electron chi connectivity index (χ4n) is 2.20. The summed E-state index contributed by atoms with van der Waals surface area (Å²) < 4.78 is 14.3. The predicted molar refractivity (Wildman–Crippen MR) is 101 cm³/mol. The van der Waals surface area contributed by atoms with E-state index >= 15 is 0 Å². The highest BCUT2D eigenvalue weighted by atomic mass is 35.5. The molecule has 0 unspecified atom stereocenters. The number of nitrogens with one attached hydrogen (secondary N) is 2. The normalized spacial score (nSPS) is 15.5. The van der Waals surface area contributed by atoms with Gasteiger partial charge in [-0.1, -0.05) is 29.4 Å². The van der Waals surface area contributed by atoms with Crippen LogP contribution in [-0.2, 0) is 4.79 Å². The zero-order chi connectivity index (χ0) is 17.8. The molecular weight excluding hydrogens is 363 g/mol. The molecule has 1 heterocycles. The second-order valence-electron chi connectivity index (χ2n) is 5.23. The standard InChI is InChI=1S/C17H14ClFN4OS/c1-10(24)20-13-5-6-14(15(19)8-13)16-9-25-17(23-22-16)21-12-4-2-3-11(18)7-12/h2-8H,9H2,1H3,(H,20,24)(H,21,23). The van der Waals surface area contributed by atoms with Gasteiger partial charge in [-0.15, -0.1) is 0 Å². The van der Waals surface area contributed by atoms with Crippen molar-refractivity contribution in [1.29, 1.82) is 0 Å². The number of rotatable bonds is 3. The Morgan fingerprint density at radius 3 is 2.84 bits per heavy atom. The maximum absolute atomic E-state index is 14.3. The van der Waals surface area contributed by atoms with Gasteiger partial charge in [0, 0.05) is 29.0 Å². The number of amidine groups is 1. The van der Waals surface area contributed by atoms with E-state index in [1.54, 1.807) is 24.3 Å². The van der Waals surface area contributed by atoms with E-state index in [-0.39, 0.29) is 5.91 Å². The molecule has 3 rings (SSSR count). The van der Waals surface area contributed by atoms with Crippen LogP contribution in [0.3, 0.4) is 0 Å². The van der Waals surface area contributed by atoms with Crippen LogP contribution in [0.2, 0.25) is 5.02 Å². The molecule has 0 saturated heterocycles. The van der Waals surface area contributed by atoms with Crippen LogP contribution in [0.4, 0.5) is 15.8 Å². The fraction of sp³-hybridized carbons (Fsp3) is 0.118. The van der Waals surface area contributed by atoms with Gasteiger partial charge in [0.15, 0.2) is 5.17 Å². The number of halogens is 2. The maximum atomic E-state index is 14.3. The summed E-state index contributed by atoms with van der Waals surface area (Å²) in [7, 11) is 0. The third-order valence-electron chi connectivity index (χ3n) is 3.27. The van der Waals surface area contributed by atoms with Gasteiger partial charge < -0.3 is 5.32 Å². The van der Waals surface area contributed by atoms with Crippen LogP contribution in [0, 0.1) is 5.82 Å². The number of hydrogen-bond donors (Lipinski definition) is 2. The molecule has 2 aromatic rings. The fourth-order valence-corrected chi connectivity index (χ4v) is 3.16. The number of carbonyl (C=O) groups excluding carboxylic acids is 1. The number of carbonyl (C=O) groups is 1. The Balaban J connectivity index is 1.76. The van der Waals surface area contributed by atoms with Crippen molar-refractivity contribution in [1.82, 2.24) is 5.43 Å². The summed E-state index contributed by atoms with van der Waals surface area (Å²) in [4.78, 5) is 15.4. The van der Waals surface area contributed by atoms with Crippen LogP contribution in [0.25, 0.3) is 0 Å². The monoisotopic (exact) mass is 376 g/mol. The van der Waals surface area contributed by atoms with Crippen molar-refractivity contribution >= 4 is 51.5 Å². The van der Waals surface area contributed by atoms with Crippen LogP contribution < -0.4 is 10.7 Å². The van der Waals surface area contributed by atoms with Gasteiger partial charge >= 0.3 is 0 Å².